The molecular weight excluding hydrogens is 334 g/mol. The van der Waals surface area contributed by atoms with Gasteiger partial charge in [0.2, 0.25) is 0 Å². The fourth-order valence-corrected chi connectivity index (χ4v) is 4.02. The van der Waals surface area contributed by atoms with Crippen LogP contribution >= 0.6 is 0 Å². The number of esters is 1. The predicted molar refractivity (Wildman–Crippen MR) is 112 cm³/mol. The number of benzene rings is 1. The molecule has 1 aromatic heterocycles. The molecule has 0 saturated carbocycles. The Balaban J connectivity index is 1.97. The highest BCUT2D eigenvalue weighted by atomic mass is 16.5. The van der Waals surface area contributed by atoms with Crippen LogP contribution in [0.4, 0.5) is 0 Å². The number of aryl methyl sites for hydroxylation is 1. The van der Waals surface area contributed by atoms with Gasteiger partial charge in [-0.05, 0) is 65.0 Å². The summed E-state index contributed by atoms with van der Waals surface area (Å²) >= 11 is 0. The Bertz CT molecular complexity index is 884. The lowest BCUT2D eigenvalue weighted by Gasteiger charge is -2.42. The van der Waals surface area contributed by atoms with Crippen LogP contribution in [0, 0.1) is 0 Å². The number of fused-ring (bicyclic) bond motifs is 1. The van der Waals surface area contributed by atoms with Gasteiger partial charge in [-0.25, -0.2) is 4.79 Å². The van der Waals surface area contributed by atoms with Crippen molar-refractivity contribution in [2.24, 2.45) is 7.05 Å². The van der Waals surface area contributed by atoms with Gasteiger partial charge in [0.15, 0.2) is 0 Å². The summed E-state index contributed by atoms with van der Waals surface area (Å²) in [4.78, 5) is 11.6. The standard InChI is InChI=1S/C24H31NO2/c1-7-27-22(26)11-9-19-14-18(16-25(19)6)17-8-10-20-21(15-17)24(4,5)13-12-23(20,2)3/h8-11,14-16H,7,12-13H2,1-6H3. The van der Waals surface area contributed by atoms with Crippen molar-refractivity contribution in [1.29, 1.82) is 0 Å². The van der Waals surface area contributed by atoms with Gasteiger partial charge in [0.05, 0.1) is 6.61 Å². The van der Waals surface area contributed by atoms with Crippen LogP contribution in [-0.4, -0.2) is 17.1 Å². The van der Waals surface area contributed by atoms with Crippen LogP contribution in [-0.2, 0) is 27.4 Å². The molecule has 2 aromatic rings. The monoisotopic (exact) mass is 365 g/mol. The van der Waals surface area contributed by atoms with E-state index in [1.165, 1.54) is 41.2 Å². The van der Waals surface area contributed by atoms with Crippen LogP contribution in [0.3, 0.4) is 0 Å². The zero-order valence-corrected chi connectivity index (χ0v) is 17.4. The maximum atomic E-state index is 11.6. The maximum Gasteiger partial charge on any atom is 0.330 e. The van der Waals surface area contributed by atoms with Crippen molar-refractivity contribution in [3.05, 3.63) is 53.4 Å². The normalized spacial score (nSPS) is 17.7. The smallest absolute Gasteiger partial charge is 0.330 e. The van der Waals surface area contributed by atoms with E-state index in [9.17, 15) is 4.79 Å². The van der Waals surface area contributed by atoms with Gasteiger partial charge < -0.3 is 9.30 Å². The maximum absolute atomic E-state index is 11.6. The Morgan fingerprint density at radius 1 is 1.07 bits per heavy atom. The Hall–Kier alpha value is -2.29. The summed E-state index contributed by atoms with van der Waals surface area (Å²) in [5, 5.41) is 0. The first-order valence-electron chi connectivity index (χ1n) is 9.80. The van der Waals surface area contributed by atoms with E-state index in [1.807, 2.05) is 24.6 Å². The van der Waals surface area contributed by atoms with Crippen LogP contribution in [0.1, 0.15) is 64.3 Å². The van der Waals surface area contributed by atoms with E-state index in [4.69, 9.17) is 4.74 Å². The molecule has 3 nitrogen and oxygen atoms in total. The van der Waals surface area contributed by atoms with Crippen molar-refractivity contribution in [3.63, 3.8) is 0 Å². The molecule has 1 aliphatic rings. The Kier molecular flexibility index (Phi) is 5.07. The lowest BCUT2D eigenvalue weighted by Crippen LogP contribution is -2.33. The van der Waals surface area contributed by atoms with E-state index < -0.39 is 0 Å². The third-order valence-corrected chi connectivity index (χ3v) is 5.91. The number of ether oxygens (including phenoxy) is 1. The van der Waals surface area contributed by atoms with E-state index in [2.05, 4.69) is 58.2 Å². The van der Waals surface area contributed by atoms with Crippen molar-refractivity contribution in [2.75, 3.05) is 6.61 Å². The fraction of sp³-hybridized carbons (Fsp3) is 0.458. The summed E-state index contributed by atoms with van der Waals surface area (Å²) in [6.45, 7) is 11.6. The highest BCUT2D eigenvalue weighted by Crippen LogP contribution is 2.46. The highest BCUT2D eigenvalue weighted by molar-refractivity contribution is 5.87. The molecule has 1 aromatic carbocycles. The quantitative estimate of drug-likeness (QED) is 0.520. The molecule has 3 heteroatoms. The van der Waals surface area contributed by atoms with Crippen molar-refractivity contribution in [2.45, 2.75) is 58.3 Å². The van der Waals surface area contributed by atoms with E-state index >= 15 is 0 Å². The minimum atomic E-state index is -0.307. The number of carbonyl (C=O) groups excluding carboxylic acids is 1. The second kappa shape index (κ2) is 7.03. The third kappa shape index (κ3) is 3.87. The van der Waals surface area contributed by atoms with E-state index in [0.29, 0.717) is 6.61 Å². The van der Waals surface area contributed by atoms with Crippen molar-refractivity contribution in [1.82, 2.24) is 4.57 Å². The number of nitrogens with zero attached hydrogens (tertiary/aromatic N) is 1. The first-order valence-corrected chi connectivity index (χ1v) is 9.80. The van der Waals surface area contributed by atoms with E-state index in [1.54, 1.807) is 0 Å². The zero-order valence-electron chi connectivity index (χ0n) is 17.4. The van der Waals surface area contributed by atoms with Crippen LogP contribution in [0.2, 0.25) is 0 Å². The lowest BCUT2D eigenvalue weighted by atomic mass is 9.63. The summed E-state index contributed by atoms with van der Waals surface area (Å²) in [6.07, 6.45) is 7.85. The molecule has 0 spiro atoms. The first-order chi connectivity index (χ1) is 12.6. The summed E-state index contributed by atoms with van der Waals surface area (Å²) in [5.74, 6) is -0.307. The van der Waals surface area contributed by atoms with Crippen molar-refractivity contribution in [3.8, 4) is 11.1 Å². The Morgan fingerprint density at radius 2 is 1.74 bits per heavy atom. The van der Waals surface area contributed by atoms with Crippen LogP contribution in [0.25, 0.3) is 17.2 Å². The van der Waals surface area contributed by atoms with Crippen molar-refractivity contribution < 1.29 is 9.53 Å². The molecule has 1 heterocycles. The van der Waals surface area contributed by atoms with Crippen LogP contribution < -0.4 is 0 Å². The molecule has 0 bridgehead atoms. The number of rotatable bonds is 4. The van der Waals surface area contributed by atoms with Gasteiger partial charge in [-0.2, -0.15) is 0 Å². The average Bonchev–Trinajstić information content (AvgIpc) is 2.98. The molecule has 0 radical (unpaired) electrons. The van der Waals surface area contributed by atoms with Gasteiger partial charge in [-0.3, -0.25) is 0 Å². The SMILES string of the molecule is CCOC(=O)C=Cc1cc(-c2ccc3c(c2)C(C)(C)CCC3(C)C)cn1C. The van der Waals surface area contributed by atoms with E-state index in [0.717, 1.165) is 5.69 Å². The summed E-state index contributed by atoms with van der Waals surface area (Å²) in [5.41, 5.74) is 6.74. The predicted octanol–water partition coefficient (Wildman–Crippen LogP) is 5.62. The van der Waals surface area contributed by atoms with E-state index in [-0.39, 0.29) is 16.8 Å². The largest absolute Gasteiger partial charge is 0.463 e. The van der Waals surface area contributed by atoms with Crippen LogP contribution in [0.5, 0.6) is 0 Å². The van der Waals surface area contributed by atoms with Gasteiger partial charge in [0, 0.05) is 25.0 Å². The van der Waals surface area contributed by atoms with Gasteiger partial charge in [-0.15, -0.1) is 0 Å². The minimum Gasteiger partial charge on any atom is -0.463 e. The van der Waals surface area contributed by atoms with Gasteiger partial charge in [0.25, 0.3) is 0 Å². The van der Waals surface area contributed by atoms with Crippen molar-refractivity contribution >= 4 is 12.0 Å². The first kappa shape index (κ1) is 19.5. The molecule has 144 valence electrons. The third-order valence-electron chi connectivity index (χ3n) is 5.91. The van der Waals surface area contributed by atoms with Crippen LogP contribution in [0.15, 0.2) is 36.5 Å². The Labute approximate surface area is 163 Å². The molecule has 0 aliphatic heterocycles. The summed E-state index contributed by atoms with van der Waals surface area (Å²) < 4.78 is 7.01. The molecule has 1 aliphatic carbocycles. The highest BCUT2D eigenvalue weighted by Gasteiger charge is 2.36. The summed E-state index contributed by atoms with van der Waals surface area (Å²) in [6, 6.07) is 9.03. The lowest BCUT2D eigenvalue weighted by molar-refractivity contribution is -0.137. The molecule has 3 rings (SSSR count). The van der Waals surface area contributed by atoms with Gasteiger partial charge in [0.1, 0.15) is 0 Å². The molecular formula is C24H31NO2. The average molecular weight is 366 g/mol. The molecule has 0 saturated heterocycles. The van der Waals surface area contributed by atoms with Gasteiger partial charge >= 0.3 is 5.97 Å². The minimum absolute atomic E-state index is 0.197. The molecule has 0 unspecified atom stereocenters. The molecule has 0 N–H and O–H groups in total. The molecule has 0 amide bonds. The molecule has 27 heavy (non-hydrogen) atoms. The second-order valence-electron chi connectivity index (χ2n) is 8.88. The zero-order chi connectivity index (χ0) is 19.8. The topological polar surface area (TPSA) is 31.2 Å². The number of aromatic nitrogens is 1. The fourth-order valence-electron chi connectivity index (χ4n) is 4.02. The summed E-state index contributed by atoms with van der Waals surface area (Å²) in [7, 11) is 2.00. The number of hydrogen-bond acceptors (Lipinski definition) is 2. The molecule has 0 atom stereocenters. The second-order valence-corrected chi connectivity index (χ2v) is 8.88. The number of carbonyl (C=O) groups is 1. The number of hydrogen-bond donors (Lipinski definition) is 0. The van der Waals surface area contributed by atoms with Gasteiger partial charge in [-0.1, -0.05) is 45.9 Å². The molecule has 0 fully saturated rings. The Morgan fingerprint density at radius 3 is 2.41 bits per heavy atom.